The number of amides is 1. The average molecular weight is 504 g/mol. The Morgan fingerprint density at radius 1 is 0.811 bits per heavy atom. The lowest BCUT2D eigenvalue weighted by Gasteiger charge is -2.26. The van der Waals surface area contributed by atoms with Gasteiger partial charge in [-0.1, -0.05) is 30.3 Å². The van der Waals surface area contributed by atoms with Gasteiger partial charge in [0.2, 0.25) is 0 Å². The SMILES string of the molecule is COc1ccc(CCN2C(=O)C(=O)/C(=C(/O)c3ccc(OC)cc3OC)C2c2ccccc2OC)cc1. The molecule has 8 nitrogen and oxygen atoms in total. The van der Waals surface area contributed by atoms with Gasteiger partial charge in [-0.3, -0.25) is 9.59 Å². The van der Waals surface area contributed by atoms with E-state index < -0.39 is 17.7 Å². The molecule has 1 amide bonds. The van der Waals surface area contributed by atoms with Gasteiger partial charge >= 0.3 is 0 Å². The van der Waals surface area contributed by atoms with Crippen LogP contribution in [0.5, 0.6) is 23.0 Å². The molecule has 1 fully saturated rings. The summed E-state index contributed by atoms with van der Waals surface area (Å²) in [4.78, 5) is 28.2. The molecule has 0 saturated carbocycles. The van der Waals surface area contributed by atoms with Crippen LogP contribution in [0.2, 0.25) is 0 Å². The van der Waals surface area contributed by atoms with Crippen molar-refractivity contribution in [2.24, 2.45) is 0 Å². The molecule has 0 radical (unpaired) electrons. The molecule has 1 atom stereocenters. The van der Waals surface area contributed by atoms with E-state index in [2.05, 4.69) is 0 Å². The number of nitrogens with zero attached hydrogens (tertiary/aromatic N) is 1. The van der Waals surface area contributed by atoms with E-state index in [1.165, 1.54) is 26.2 Å². The fraction of sp³-hybridized carbons (Fsp3) is 0.241. The van der Waals surface area contributed by atoms with Crippen LogP contribution < -0.4 is 18.9 Å². The maximum absolute atomic E-state index is 13.4. The summed E-state index contributed by atoms with van der Waals surface area (Å²) in [5, 5.41) is 11.4. The van der Waals surface area contributed by atoms with Crippen molar-refractivity contribution in [2.75, 3.05) is 35.0 Å². The van der Waals surface area contributed by atoms with E-state index in [1.807, 2.05) is 24.3 Å². The lowest BCUT2D eigenvalue weighted by Crippen LogP contribution is -2.31. The van der Waals surface area contributed by atoms with Gasteiger partial charge in [-0.25, -0.2) is 0 Å². The molecule has 4 rings (SSSR count). The van der Waals surface area contributed by atoms with Crippen LogP contribution in [-0.4, -0.2) is 56.7 Å². The number of Topliss-reactive ketones (excluding diaryl/α,β-unsaturated/α-hetero) is 1. The Balaban J connectivity index is 1.82. The first-order chi connectivity index (χ1) is 17.9. The Morgan fingerprint density at radius 3 is 2.11 bits per heavy atom. The first-order valence-electron chi connectivity index (χ1n) is 11.7. The molecule has 1 heterocycles. The number of aliphatic hydroxyl groups is 1. The number of carbonyl (C=O) groups is 2. The number of ether oxygens (including phenoxy) is 4. The number of benzene rings is 3. The van der Waals surface area contributed by atoms with E-state index in [0.717, 1.165) is 11.3 Å². The van der Waals surface area contributed by atoms with E-state index in [1.54, 1.807) is 49.6 Å². The summed E-state index contributed by atoms with van der Waals surface area (Å²) >= 11 is 0. The maximum atomic E-state index is 13.4. The summed E-state index contributed by atoms with van der Waals surface area (Å²) < 4.78 is 21.5. The van der Waals surface area contributed by atoms with Crippen LogP contribution in [0.1, 0.15) is 22.7 Å². The van der Waals surface area contributed by atoms with Gasteiger partial charge in [0.05, 0.1) is 45.6 Å². The predicted octanol–water partition coefficient (Wildman–Crippen LogP) is 4.39. The third-order valence-corrected chi connectivity index (χ3v) is 6.44. The molecule has 3 aromatic rings. The Morgan fingerprint density at radius 2 is 1.46 bits per heavy atom. The van der Waals surface area contributed by atoms with Crippen molar-refractivity contribution in [3.05, 3.63) is 89.0 Å². The van der Waals surface area contributed by atoms with E-state index in [0.29, 0.717) is 29.2 Å². The molecule has 0 bridgehead atoms. The fourth-order valence-electron chi connectivity index (χ4n) is 4.51. The number of ketones is 1. The van der Waals surface area contributed by atoms with Crippen molar-refractivity contribution in [1.82, 2.24) is 4.90 Å². The Labute approximate surface area is 215 Å². The van der Waals surface area contributed by atoms with Crippen molar-refractivity contribution in [3.8, 4) is 23.0 Å². The number of rotatable bonds is 9. The summed E-state index contributed by atoms with van der Waals surface area (Å²) in [6.07, 6.45) is 0.495. The summed E-state index contributed by atoms with van der Waals surface area (Å²) in [5.41, 5.74) is 1.80. The van der Waals surface area contributed by atoms with E-state index in [9.17, 15) is 14.7 Å². The number of hydrogen-bond donors (Lipinski definition) is 1. The van der Waals surface area contributed by atoms with Crippen LogP contribution in [0.3, 0.4) is 0 Å². The highest BCUT2D eigenvalue weighted by atomic mass is 16.5. The molecule has 0 spiro atoms. The molecule has 8 heteroatoms. The number of aliphatic hydroxyl groups excluding tert-OH is 1. The molecule has 37 heavy (non-hydrogen) atoms. The van der Waals surface area contributed by atoms with Crippen LogP contribution in [0.25, 0.3) is 5.76 Å². The highest BCUT2D eigenvalue weighted by Gasteiger charge is 2.47. The average Bonchev–Trinajstić information content (AvgIpc) is 3.20. The maximum Gasteiger partial charge on any atom is 0.295 e. The number of hydrogen-bond acceptors (Lipinski definition) is 7. The molecule has 1 N–H and O–H groups in total. The number of likely N-dealkylation sites (tertiary alicyclic amines) is 1. The molecule has 0 aliphatic carbocycles. The van der Waals surface area contributed by atoms with Crippen molar-refractivity contribution in [2.45, 2.75) is 12.5 Å². The molecule has 1 aliphatic rings. The zero-order valence-corrected chi connectivity index (χ0v) is 21.2. The van der Waals surface area contributed by atoms with E-state index >= 15 is 0 Å². The Hall–Kier alpha value is -4.46. The number of carbonyl (C=O) groups excluding carboxylic acids is 2. The summed E-state index contributed by atoms with van der Waals surface area (Å²) in [5.74, 6) is 0.248. The second-order valence-electron chi connectivity index (χ2n) is 8.40. The molecule has 3 aromatic carbocycles. The van der Waals surface area contributed by atoms with Crippen molar-refractivity contribution in [3.63, 3.8) is 0 Å². The Bertz CT molecular complexity index is 1330. The van der Waals surface area contributed by atoms with Gasteiger partial charge in [0.25, 0.3) is 11.7 Å². The molecular weight excluding hydrogens is 474 g/mol. The van der Waals surface area contributed by atoms with Crippen molar-refractivity contribution >= 4 is 17.4 Å². The zero-order chi connectivity index (χ0) is 26.5. The highest BCUT2D eigenvalue weighted by molar-refractivity contribution is 6.46. The second kappa shape index (κ2) is 11.1. The second-order valence-corrected chi connectivity index (χ2v) is 8.40. The van der Waals surface area contributed by atoms with Gasteiger partial charge in [0, 0.05) is 18.2 Å². The normalized spacial score (nSPS) is 16.5. The standard InChI is InChI=1S/C29H29NO7/c1-34-19-11-9-18(10-12-19)15-16-30-26(21-7-5-6-8-23(21)36-3)25(28(32)29(30)33)27(31)22-14-13-20(35-2)17-24(22)37-4/h5-14,17,26,31H,15-16H2,1-4H3/b27-25+. The van der Waals surface area contributed by atoms with Gasteiger partial charge in [-0.2, -0.15) is 0 Å². The van der Waals surface area contributed by atoms with Gasteiger partial charge in [0.15, 0.2) is 0 Å². The summed E-state index contributed by atoms with van der Waals surface area (Å²) in [7, 11) is 6.09. The minimum absolute atomic E-state index is 0.0345. The minimum Gasteiger partial charge on any atom is -0.507 e. The monoisotopic (exact) mass is 503 g/mol. The smallest absolute Gasteiger partial charge is 0.295 e. The summed E-state index contributed by atoms with van der Waals surface area (Å²) in [6.45, 7) is 0.246. The molecule has 1 aliphatic heterocycles. The van der Waals surface area contributed by atoms with Gasteiger partial charge < -0.3 is 29.0 Å². The van der Waals surface area contributed by atoms with Gasteiger partial charge in [0.1, 0.15) is 28.8 Å². The lowest BCUT2D eigenvalue weighted by atomic mass is 9.94. The van der Waals surface area contributed by atoms with Crippen LogP contribution in [0.4, 0.5) is 0 Å². The van der Waals surface area contributed by atoms with E-state index in [4.69, 9.17) is 18.9 Å². The van der Waals surface area contributed by atoms with Crippen LogP contribution >= 0.6 is 0 Å². The van der Waals surface area contributed by atoms with E-state index in [-0.39, 0.29) is 23.4 Å². The molecular formula is C29H29NO7. The van der Waals surface area contributed by atoms with Crippen molar-refractivity contribution < 1.29 is 33.6 Å². The van der Waals surface area contributed by atoms with Crippen LogP contribution in [0.15, 0.2) is 72.3 Å². The minimum atomic E-state index is -0.860. The van der Waals surface area contributed by atoms with Crippen LogP contribution in [-0.2, 0) is 16.0 Å². The number of methoxy groups -OCH3 is 4. The summed E-state index contributed by atoms with van der Waals surface area (Å²) in [6, 6.07) is 18.6. The first kappa shape index (κ1) is 25.6. The Kier molecular flexibility index (Phi) is 7.67. The molecule has 192 valence electrons. The highest BCUT2D eigenvalue weighted by Crippen LogP contribution is 2.44. The number of para-hydroxylation sites is 1. The molecule has 1 saturated heterocycles. The fourth-order valence-corrected chi connectivity index (χ4v) is 4.51. The third kappa shape index (κ3) is 4.95. The predicted molar refractivity (Wildman–Crippen MR) is 138 cm³/mol. The van der Waals surface area contributed by atoms with Crippen LogP contribution in [0, 0.1) is 0 Å². The topological polar surface area (TPSA) is 94.5 Å². The quantitative estimate of drug-likeness (QED) is 0.263. The largest absolute Gasteiger partial charge is 0.507 e. The van der Waals surface area contributed by atoms with Crippen molar-refractivity contribution in [1.29, 1.82) is 0 Å². The molecule has 1 unspecified atom stereocenters. The zero-order valence-electron chi connectivity index (χ0n) is 21.2. The third-order valence-electron chi connectivity index (χ3n) is 6.44. The molecule has 0 aromatic heterocycles. The first-order valence-corrected chi connectivity index (χ1v) is 11.7. The van der Waals surface area contributed by atoms with Gasteiger partial charge in [-0.05, 0) is 42.3 Å². The van der Waals surface area contributed by atoms with Gasteiger partial charge in [-0.15, -0.1) is 0 Å². The lowest BCUT2D eigenvalue weighted by molar-refractivity contribution is -0.139.